The number of rotatable bonds is 7. The molecular formula is C23H22N2O5S. The number of phenolic OH excluding ortho intramolecular Hbond substituents is 1. The van der Waals surface area contributed by atoms with Gasteiger partial charge in [0.2, 0.25) is 0 Å². The Labute approximate surface area is 180 Å². The molecule has 0 unspecified atom stereocenters. The number of amides is 2. The number of phenols is 1. The summed E-state index contributed by atoms with van der Waals surface area (Å²) in [5.41, 5.74) is 1.70. The number of aromatic hydroxyl groups is 1. The van der Waals surface area contributed by atoms with Gasteiger partial charge in [-0.05, 0) is 48.0 Å². The monoisotopic (exact) mass is 438 g/mol. The molecule has 0 aromatic heterocycles. The number of carbonyl (C=O) groups excluding carboxylic acids is 2. The molecule has 3 N–H and O–H groups in total. The van der Waals surface area contributed by atoms with Gasteiger partial charge in [0.25, 0.3) is 11.8 Å². The van der Waals surface area contributed by atoms with Gasteiger partial charge >= 0.3 is 0 Å². The second-order valence-electron chi connectivity index (χ2n) is 6.78. The average Bonchev–Trinajstić information content (AvgIpc) is 2.79. The van der Waals surface area contributed by atoms with Gasteiger partial charge in [-0.2, -0.15) is 0 Å². The van der Waals surface area contributed by atoms with Crippen LogP contribution >= 0.6 is 0 Å². The second kappa shape index (κ2) is 9.44. The number of benzene rings is 3. The maximum atomic E-state index is 12.5. The molecule has 7 nitrogen and oxygen atoms in total. The zero-order valence-corrected chi connectivity index (χ0v) is 17.6. The molecule has 0 aliphatic rings. The van der Waals surface area contributed by atoms with Crippen LogP contribution in [0.25, 0.3) is 0 Å². The Balaban J connectivity index is 1.66. The summed E-state index contributed by atoms with van der Waals surface area (Å²) >= 11 is 0. The van der Waals surface area contributed by atoms with Crippen LogP contribution in [0.5, 0.6) is 5.75 Å². The molecule has 0 heterocycles. The van der Waals surface area contributed by atoms with Crippen LogP contribution in [-0.2, 0) is 16.4 Å². The van der Waals surface area contributed by atoms with E-state index < -0.39 is 15.7 Å². The summed E-state index contributed by atoms with van der Waals surface area (Å²) in [6.07, 6.45) is 0. The first-order chi connectivity index (χ1) is 14.8. The Kier molecular flexibility index (Phi) is 6.71. The van der Waals surface area contributed by atoms with E-state index >= 15 is 0 Å². The number of hydrogen-bond acceptors (Lipinski definition) is 5. The van der Waals surface area contributed by atoms with Crippen molar-refractivity contribution < 1.29 is 23.1 Å². The second-order valence-corrected chi connectivity index (χ2v) is 9.06. The normalized spacial score (nSPS) is 11.0. The molecule has 0 atom stereocenters. The highest BCUT2D eigenvalue weighted by Crippen LogP contribution is 2.27. The van der Waals surface area contributed by atoms with Crippen molar-refractivity contribution in [3.63, 3.8) is 0 Å². The highest BCUT2D eigenvalue weighted by atomic mass is 32.2. The molecule has 31 heavy (non-hydrogen) atoms. The minimum atomic E-state index is -3.47. The highest BCUT2D eigenvalue weighted by molar-refractivity contribution is 7.91. The minimum absolute atomic E-state index is 0.0127. The van der Waals surface area contributed by atoms with Gasteiger partial charge in [-0.25, -0.2) is 8.42 Å². The van der Waals surface area contributed by atoms with Crippen LogP contribution in [0.2, 0.25) is 0 Å². The maximum absolute atomic E-state index is 12.5. The van der Waals surface area contributed by atoms with Crippen molar-refractivity contribution >= 4 is 27.3 Å². The molecule has 0 saturated carbocycles. The summed E-state index contributed by atoms with van der Waals surface area (Å²) in [4.78, 5) is 24.6. The first kappa shape index (κ1) is 22.0. The van der Waals surface area contributed by atoms with E-state index in [4.69, 9.17) is 0 Å². The quantitative estimate of drug-likeness (QED) is 0.490. The van der Waals surface area contributed by atoms with E-state index in [1.165, 1.54) is 25.1 Å². The predicted octanol–water partition coefficient (Wildman–Crippen LogP) is 3.37. The van der Waals surface area contributed by atoms with Crippen molar-refractivity contribution in [1.82, 2.24) is 5.32 Å². The Morgan fingerprint density at radius 1 is 0.871 bits per heavy atom. The third-order valence-corrected chi connectivity index (χ3v) is 6.39. The van der Waals surface area contributed by atoms with Crippen LogP contribution < -0.4 is 10.6 Å². The van der Waals surface area contributed by atoms with Crippen LogP contribution in [0.1, 0.15) is 33.2 Å². The summed E-state index contributed by atoms with van der Waals surface area (Å²) < 4.78 is 24.1. The van der Waals surface area contributed by atoms with Crippen molar-refractivity contribution in [1.29, 1.82) is 0 Å². The van der Waals surface area contributed by atoms with Gasteiger partial charge < -0.3 is 15.7 Å². The fourth-order valence-corrected chi connectivity index (χ4v) is 3.72. The van der Waals surface area contributed by atoms with Crippen LogP contribution in [0, 0.1) is 0 Å². The summed E-state index contributed by atoms with van der Waals surface area (Å²) in [6.45, 7) is 1.82. The summed E-state index contributed by atoms with van der Waals surface area (Å²) in [5.74, 6) is -1.02. The zero-order chi connectivity index (χ0) is 22.4. The van der Waals surface area contributed by atoms with Crippen molar-refractivity contribution in [2.75, 3.05) is 11.1 Å². The smallest absolute Gasteiger partial charge is 0.255 e. The molecule has 3 rings (SSSR count). The van der Waals surface area contributed by atoms with E-state index in [0.717, 1.165) is 5.56 Å². The molecule has 0 bridgehead atoms. The van der Waals surface area contributed by atoms with Gasteiger partial charge in [0.1, 0.15) is 5.75 Å². The largest absolute Gasteiger partial charge is 0.506 e. The lowest BCUT2D eigenvalue weighted by Gasteiger charge is -2.10. The number of hydrogen-bond donors (Lipinski definition) is 3. The lowest BCUT2D eigenvalue weighted by Crippen LogP contribution is -2.22. The van der Waals surface area contributed by atoms with Crippen molar-refractivity contribution in [3.8, 4) is 5.75 Å². The minimum Gasteiger partial charge on any atom is -0.506 e. The molecule has 3 aromatic carbocycles. The van der Waals surface area contributed by atoms with E-state index in [0.29, 0.717) is 17.7 Å². The van der Waals surface area contributed by atoms with Crippen LogP contribution in [0.3, 0.4) is 0 Å². The van der Waals surface area contributed by atoms with Crippen molar-refractivity contribution in [3.05, 3.63) is 89.5 Å². The van der Waals surface area contributed by atoms with Crippen molar-refractivity contribution in [2.45, 2.75) is 18.4 Å². The molecule has 0 fully saturated rings. The van der Waals surface area contributed by atoms with Gasteiger partial charge in [-0.15, -0.1) is 0 Å². The van der Waals surface area contributed by atoms with Gasteiger partial charge in [0, 0.05) is 17.7 Å². The number of anilines is 1. The predicted molar refractivity (Wildman–Crippen MR) is 118 cm³/mol. The van der Waals surface area contributed by atoms with Crippen LogP contribution in [0.4, 0.5) is 5.69 Å². The Hall–Kier alpha value is -3.65. The lowest BCUT2D eigenvalue weighted by atomic mass is 10.1. The molecule has 0 radical (unpaired) electrons. The fourth-order valence-electron chi connectivity index (χ4n) is 2.82. The van der Waals surface area contributed by atoms with Gasteiger partial charge in [-0.3, -0.25) is 9.59 Å². The van der Waals surface area contributed by atoms with Gasteiger partial charge in [-0.1, -0.05) is 37.3 Å². The SMILES string of the molecule is CCS(=O)(=O)c1ccc(O)c(NC(=O)c2ccc(CNC(=O)c3ccccc3)cc2)c1. The molecular weight excluding hydrogens is 416 g/mol. The molecule has 0 aliphatic heterocycles. The highest BCUT2D eigenvalue weighted by Gasteiger charge is 2.16. The van der Waals surface area contributed by atoms with E-state index in [1.54, 1.807) is 48.5 Å². The van der Waals surface area contributed by atoms with Crippen LogP contribution in [0.15, 0.2) is 77.7 Å². The lowest BCUT2D eigenvalue weighted by molar-refractivity contribution is 0.0949. The molecule has 0 aliphatic carbocycles. The van der Waals surface area contributed by atoms with Crippen molar-refractivity contribution in [2.24, 2.45) is 0 Å². The van der Waals surface area contributed by atoms with E-state index in [9.17, 15) is 23.1 Å². The standard InChI is InChI=1S/C23H22N2O5S/c1-2-31(29,30)19-12-13-21(26)20(14-19)25-23(28)18-10-8-16(9-11-18)15-24-22(27)17-6-4-3-5-7-17/h3-14,26H,2,15H2,1H3,(H,24,27)(H,25,28). The average molecular weight is 439 g/mol. The molecule has 8 heteroatoms. The number of carbonyl (C=O) groups is 2. The summed E-state index contributed by atoms with van der Waals surface area (Å²) in [6, 6.07) is 19.2. The topological polar surface area (TPSA) is 113 Å². The molecule has 3 aromatic rings. The fraction of sp³-hybridized carbons (Fsp3) is 0.130. The zero-order valence-electron chi connectivity index (χ0n) is 16.8. The molecule has 0 spiro atoms. The third-order valence-electron chi connectivity index (χ3n) is 4.66. The Morgan fingerprint density at radius 2 is 1.52 bits per heavy atom. The first-order valence-electron chi connectivity index (χ1n) is 9.59. The molecule has 2 amide bonds. The first-order valence-corrected chi connectivity index (χ1v) is 11.2. The molecule has 0 saturated heterocycles. The molecule has 160 valence electrons. The maximum Gasteiger partial charge on any atom is 0.255 e. The number of nitrogens with one attached hydrogen (secondary N) is 2. The third kappa shape index (κ3) is 5.49. The summed E-state index contributed by atoms with van der Waals surface area (Å²) in [7, 11) is -3.47. The number of sulfone groups is 1. The Morgan fingerprint density at radius 3 is 2.16 bits per heavy atom. The van der Waals surface area contributed by atoms with Crippen LogP contribution in [-0.4, -0.2) is 31.1 Å². The Bertz CT molecular complexity index is 1190. The van der Waals surface area contributed by atoms with E-state index in [2.05, 4.69) is 10.6 Å². The summed E-state index contributed by atoms with van der Waals surface area (Å²) in [5, 5.41) is 15.3. The van der Waals surface area contributed by atoms with Gasteiger partial charge in [0.15, 0.2) is 9.84 Å². The van der Waals surface area contributed by atoms with E-state index in [1.807, 2.05) is 6.07 Å². The van der Waals surface area contributed by atoms with E-state index in [-0.39, 0.29) is 28.0 Å². The van der Waals surface area contributed by atoms with Gasteiger partial charge in [0.05, 0.1) is 16.3 Å².